The maximum absolute atomic E-state index is 12.3. The van der Waals surface area contributed by atoms with Crippen LogP contribution < -0.4 is 4.90 Å². The molecule has 104 valence electrons. The number of para-hydroxylation sites is 1. The van der Waals surface area contributed by atoms with Crippen LogP contribution in [0.1, 0.15) is 23.5 Å². The lowest BCUT2D eigenvalue weighted by Gasteiger charge is -2.21. The summed E-state index contributed by atoms with van der Waals surface area (Å²) in [6.07, 6.45) is 1.63. The highest BCUT2D eigenvalue weighted by molar-refractivity contribution is 6.03. The van der Waals surface area contributed by atoms with Crippen LogP contribution in [0.4, 0.5) is 5.69 Å². The van der Waals surface area contributed by atoms with Crippen LogP contribution in [0.25, 0.3) is 0 Å². The molecule has 20 heavy (non-hydrogen) atoms. The number of carbonyl (C=O) groups excluding carboxylic acids is 1. The Hall–Kier alpha value is -2.70. The van der Waals surface area contributed by atoms with Gasteiger partial charge < -0.3 is 10.0 Å². The summed E-state index contributed by atoms with van der Waals surface area (Å²) >= 11 is 0. The number of anilines is 1. The normalized spacial score (nSPS) is 10.2. The van der Waals surface area contributed by atoms with Gasteiger partial charge in [0.25, 0.3) is 5.91 Å². The number of aromatic nitrogens is 3. The number of carboxylic acid groups (broad SMARTS) is 1. The highest BCUT2D eigenvalue weighted by Gasteiger charge is 2.19. The Bertz CT molecular complexity index is 569. The summed E-state index contributed by atoms with van der Waals surface area (Å²) < 4.78 is 0. The molecule has 0 atom stereocenters. The Morgan fingerprint density at radius 1 is 1.25 bits per heavy atom. The number of nitrogens with one attached hydrogen (secondary N) is 1. The molecule has 0 fully saturated rings. The third-order valence-corrected chi connectivity index (χ3v) is 2.70. The SMILES string of the molecule is O=C(O)CCCN(C(=O)c1ncn[nH]1)c1ccccc1. The average molecular weight is 274 g/mol. The van der Waals surface area contributed by atoms with Crippen LogP contribution in [0.15, 0.2) is 36.7 Å². The average Bonchev–Trinajstić information content (AvgIpc) is 2.98. The van der Waals surface area contributed by atoms with Crippen molar-refractivity contribution in [1.82, 2.24) is 15.2 Å². The van der Waals surface area contributed by atoms with Crippen LogP contribution in [0.5, 0.6) is 0 Å². The Morgan fingerprint density at radius 2 is 2.00 bits per heavy atom. The second kappa shape index (κ2) is 6.46. The lowest BCUT2D eigenvalue weighted by Crippen LogP contribution is -2.33. The van der Waals surface area contributed by atoms with Crippen molar-refractivity contribution in [3.8, 4) is 0 Å². The van der Waals surface area contributed by atoms with Gasteiger partial charge in [-0.3, -0.25) is 14.7 Å². The lowest BCUT2D eigenvalue weighted by molar-refractivity contribution is -0.137. The smallest absolute Gasteiger partial charge is 0.303 e. The number of carbonyl (C=O) groups is 2. The molecule has 7 heteroatoms. The highest BCUT2D eigenvalue weighted by Crippen LogP contribution is 2.16. The fourth-order valence-corrected chi connectivity index (χ4v) is 1.78. The molecule has 0 saturated heterocycles. The molecule has 1 aromatic heterocycles. The summed E-state index contributed by atoms with van der Waals surface area (Å²) in [4.78, 5) is 28.2. The van der Waals surface area contributed by atoms with Crippen LogP contribution in [0.3, 0.4) is 0 Å². The number of rotatable bonds is 6. The molecule has 0 aliphatic heterocycles. The first-order valence-corrected chi connectivity index (χ1v) is 6.12. The van der Waals surface area contributed by atoms with E-state index in [1.165, 1.54) is 11.2 Å². The molecule has 0 unspecified atom stereocenters. The van der Waals surface area contributed by atoms with E-state index in [0.29, 0.717) is 18.7 Å². The van der Waals surface area contributed by atoms with Crippen molar-refractivity contribution in [2.24, 2.45) is 0 Å². The van der Waals surface area contributed by atoms with E-state index >= 15 is 0 Å². The second-order valence-corrected chi connectivity index (χ2v) is 4.12. The summed E-state index contributed by atoms with van der Waals surface area (Å²) in [7, 11) is 0. The van der Waals surface area contributed by atoms with Gasteiger partial charge >= 0.3 is 5.97 Å². The molecule has 1 heterocycles. The van der Waals surface area contributed by atoms with Gasteiger partial charge in [0.15, 0.2) is 0 Å². The molecule has 1 aromatic carbocycles. The van der Waals surface area contributed by atoms with E-state index in [9.17, 15) is 9.59 Å². The first kappa shape index (κ1) is 13.7. The molecule has 0 bridgehead atoms. The molecule has 0 saturated carbocycles. The largest absolute Gasteiger partial charge is 0.481 e. The van der Waals surface area contributed by atoms with Crippen LogP contribution in [0, 0.1) is 0 Å². The molecule has 2 N–H and O–H groups in total. The van der Waals surface area contributed by atoms with Gasteiger partial charge in [0.05, 0.1) is 0 Å². The Kier molecular flexibility index (Phi) is 4.43. The van der Waals surface area contributed by atoms with Crippen molar-refractivity contribution in [2.45, 2.75) is 12.8 Å². The standard InChI is InChI=1S/C13H14N4O3/c18-11(19)7-4-8-17(10-5-2-1-3-6-10)13(20)12-14-9-15-16-12/h1-3,5-6,9H,4,7-8H2,(H,18,19)(H,14,15,16). The number of benzene rings is 1. The molecular formula is C13H14N4O3. The zero-order valence-electron chi connectivity index (χ0n) is 10.7. The van der Waals surface area contributed by atoms with Gasteiger partial charge in [0.1, 0.15) is 6.33 Å². The molecule has 2 aromatic rings. The van der Waals surface area contributed by atoms with Crippen LogP contribution >= 0.6 is 0 Å². The number of nitrogens with zero attached hydrogens (tertiary/aromatic N) is 3. The maximum Gasteiger partial charge on any atom is 0.303 e. The highest BCUT2D eigenvalue weighted by atomic mass is 16.4. The lowest BCUT2D eigenvalue weighted by atomic mass is 10.2. The van der Waals surface area contributed by atoms with Gasteiger partial charge in [-0.25, -0.2) is 4.98 Å². The summed E-state index contributed by atoms with van der Waals surface area (Å²) in [6, 6.07) is 9.04. The van der Waals surface area contributed by atoms with Crippen molar-refractivity contribution in [2.75, 3.05) is 11.4 Å². The fraction of sp³-hybridized carbons (Fsp3) is 0.231. The van der Waals surface area contributed by atoms with Crippen molar-refractivity contribution in [3.05, 3.63) is 42.5 Å². The van der Waals surface area contributed by atoms with E-state index in [0.717, 1.165) is 0 Å². The third-order valence-electron chi connectivity index (χ3n) is 2.70. The first-order valence-electron chi connectivity index (χ1n) is 6.12. The zero-order valence-corrected chi connectivity index (χ0v) is 10.7. The van der Waals surface area contributed by atoms with Crippen molar-refractivity contribution >= 4 is 17.6 Å². The van der Waals surface area contributed by atoms with Gasteiger partial charge in [-0.1, -0.05) is 18.2 Å². The van der Waals surface area contributed by atoms with Crippen molar-refractivity contribution < 1.29 is 14.7 Å². The van der Waals surface area contributed by atoms with E-state index in [1.54, 1.807) is 12.1 Å². The number of hydrogen-bond donors (Lipinski definition) is 2. The predicted molar refractivity (Wildman–Crippen MR) is 71.4 cm³/mol. The minimum Gasteiger partial charge on any atom is -0.481 e. The molecule has 0 aliphatic carbocycles. The third kappa shape index (κ3) is 3.41. The van der Waals surface area contributed by atoms with Crippen LogP contribution in [0.2, 0.25) is 0 Å². The number of H-pyrrole nitrogens is 1. The molecule has 0 aliphatic rings. The Morgan fingerprint density at radius 3 is 2.60 bits per heavy atom. The number of hydrogen-bond acceptors (Lipinski definition) is 4. The summed E-state index contributed by atoms with van der Waals surface area (Å²) in [5, 5.41) is 14.9. The van der Waals surface area contributed by atoms with Gasteiger partial charge in [-0.05, 0) is 18.6 Å². The summed E-state index contributed by atoms with van der Waals surface area (Å²) in [5.74, 6) is -1.09. The minimum absolute atomic E-state index is 0.00696. The molecule has 1 amide bonds. The molecule has 0 radical (unpaired) electrons. The van der Waals surface area contributed by atoms with Crippen molar-refractivity contribution in [1.29, 1.82) is 0 Å². The maximum atomic E-state index is 12.3. The van der Waals surface area contributed by atoms with E-state index < -0.39 is 5.97 Å². The van der Waals surface area contributed by atoms with Crippen molar-refractivity contribution in [3.63, 3.8) is 0 Å². The van der Waals surface area contributed by atoms with Gasteiger partial charge in [0, 0.05) is 18.7 Å². The predicted octanol–water partition coefficient (Wildman–Crippen LogP) is 1.32. The topological polar surface area (TPSA) is 99.2 Å². The van der Waals surface area contributed by atoms with E-state index in [4.69, 9.17) is 5.11 Å². The van der Waals surface area contributed by atoms with Gasteiger partial charge in [0.2, 0.25) is 5.82 Å². The summed E-state index contributed by atoms with van der Waals surface area (Å²) in [5.41, 5.74) is 0.694. The van der Waals surface area contributed by atoms with E-state index in [-0.39, 0.29) is 18.2 Å². The molecule has 2 rings (SSSR count). The molecule has 7 nitrogen and oxygen atoms in total. The quantitative estimate of drug-likeness (QED) is 0.827. The number of aromatic amines is 1. The fourth-order valence-electron chi connectivity index (χ4n) is 1.78. The van der Waals surface area contributed by atoms with E-state index in [1.807, 2.05) is 18.2 Å². The van der Waals surface area contributed by atoms with Gasteiger partial charge in [-0.2, -0.15) is 5.10 Å². The number of carboxylic acids is 1. The van der Waals surface area contributed by atoms with Crippen LogP contribution in [-0.2, 0) is 4.79 Å². The molecule has 0 spiro atoms. The monoisotopic (exact) mass is 274 g/mol. The van der Waals surface area contributed by atoms with E-state index in [2.05, 4.69) is 15.2 Å². The van der Waals surface area contributed by atoms with Crippen LogP contribution in [-0.4, -0.2) is 38.7 Å². The summed E-state index contributed by atoms with van der Waals surface area (Å²) in [6.45, 7) is 0.301. The van der Waals surface area contributed by atoms with Gasteiger partial charge in [-0.15, -0.1) is 0 Å². The number of amides is 1. The Balaban J connectivity index is 2.16. The Labute approximate surface area is 115 Å². The first-order chi connectivity index (χ1) is 9.68. The minimum atomic E-state index is -0.884. The molecular weight excluding hydrogens is 260 g/mol. The number of aliphatic carboxylic acids is 1. The zero-order chi connectivity index (χ0) is 14.4. The second-order valence-electron chi connectivity index (χ2n) is 4.12.